The molecule has 292 valence electrons. The maximum atomic E-state index is 4.69. The monoisotopic (exact) mass is 806 g/mol. The largest absolute Gasteiger partial charge is 0.265 e. The first-order valence-electron chi connectivity index (χ1n) is 22.1. The van der Waals surface area contributed by atoms with E-state index in [0.717, 1.165) is 5.52 Å². The predicted molar refractivity (Wildman–Crippen MR) is 272 cm³/mol. The molecule has 0 radical (unpaired) electrons. The van der Waals surface area contributed by atoms with E-state index in [1.165, 1.54) is 147 Å². The number of aromatic nitrogens is 2. The highest BCUT2D eigenvalue weighted by atomic mass is 14.6. The summed E-state index contributed by atoms with van der Waals surface area (Å²) in [5.41, 5.74) is 10.9. The van der Waals surface area contributed by atoms with Gasteiger partial charge in [-0.3, -0.25) is 9.97 Å². The molecule has 15 rings (SSSR count). The highest BCUT2D eigenvalue weighted by Gasteiger charge is 2.21. The first-order valence-corrected chi connectivity index (χ1v) is 22.1. The maximum Gasteiger partial charge on any atom is 0.0708 e. The fraction of sp³-hybridized carbons (Fsp3) is 0. The van der Waals surface area contributed by atoms with Gasteiger partial charge < -0.3 is 0 Å². The van der Waals surface area contributed by atoms with Gasteiger partial charge in [0.1, 0.15) is 0 Å². The van der Waals surface area contributed by atoms with E-state index in [1.54, 1.807) is 0 Å². The van der Waals surface area contributed by atoms with Gasteiger partial charge in [0.25, 0.3) is 0 Å². The molecule has 0 saturated carbocycles. The second-order valence-electron chi connectivity index (χ2n) is 17.6. The Morgan fingerprint density at radius 2 is 0.531 bits per heavy atom. The molecular formula is C62H34N2. The van der Waals surface area contributed by atoms with Crippen molar-refractivity contribution < 1.29 is 0 Å². The van der Waals surface area contributed by atoms with Crippen LogP contribution >= 0.6 is 0 Å². The van der Waals surface area contributed by atoms with Crippen LogP contribution in [0.5, 0.6) is 0 Å². The van der Waals surface area contributed by atoms with Crippen molar-refractivity contribution in [2.45, 2.75) is 0 Å². The molecule has 0 atom stereocenters. The zero-order valence-electron chi connectivity index (χ0n) is 34.5. The van der Waals surface area contributed by atoms with Gasteiger partial charge in [-0.2, -0.15) is 0 Å². The molecule has 0 amide bonds. The second-order valence-corrected chi connectivity index (χ2v) is 17.6. The van der Waals surface area contributed by atoms with Crippen molar-refractivity contribution in [1.29, 1.82) is 0 Å². The van der Waals surface area contributed by atoms with Gasteiger partial charge in [-0.15, -0.1) is 0 Å². The highest BCUT2D eigenvalue weighted by Crippen LogP contribution is 2.49. The summed E-state index contributed by atoms with van der Waals surface area (Å²) >= 11 is 0. The lowest BCUT2D eigenvalue weighted by Gasteiger charge is -2.20. The van der Waals surface area contributed by atoms with Crippen LogP contribution < -0.4 is 0 Å². The number of fused-ring (bicyclic) bond motifs is 1. The first-order chi connectivity index (χ1) is 31.7. The van der Waals surface area contributed by atoms with E-state index in [0.29, 0.717) is 0 Å². The van der Waals surface area contributed by atoms with Crippen molar-refractivity contribution in [3.8, 4) is 44.5 Å². The zero-order chi connectivity index (χ0) is 41.6. The van der Waals surface area contributed by atoms with E-state index >= 15 is 0 Å². The van der Waals surface area contributed by atoms with Crippen molar-refractivity contribution in [3.05, 3.63) is 207 Å². The Balaban J connectivity index is 0.949. The molecule has 0 bridgehead atoms. The standard InChI is InChI=1S/C62H34N2/c1-2-4-56-49(3-1)48(31-34-64-56)47-22-10-41-15-27-54-46(21-9-40-16-28-55(47)62(41)61(40)54)45-20-8-39-13-25-52-44(19-7-38-14-26-53(45)60(39)59(38)52)43-18-6-37-11-23-50-42(35-29-32-63-33-30-35)17-5-36-12-24-51(43)58(37)57(36)50/h1-34H. The molecule has 64 heavy (non-hydrogen) atoms. The lowest BCUT2D eigenvalue weighted by molar-refractivity contribution is 1.33. The Labute approximate surface area is 367 Å². The Kier molecular flexibility index (Phi) is 6.71. The number of nitrogens with zero attached hydrogens (tertiary/aromatic N) is 2. The number of benzene rings is 13. The molecule has 0 unspecified atom stereocenters. The van der Waals surface area contributed by atoms with Gasteiger partial charge in [-0.25, -0.2) is 0 Å². The highest BCUT2D eigenvalue weighted by molar-refractivity contribution is 6.33. The van der Waals surface area contributed by atoms with Crippen molar-refractivity contribution >= 4 is 108 Å². The molecule has 2 nitrogen and oxygen atoms in total. The zero-order valence-corrected chi connectivity index (χ0v) is 34.5. The molecule has 13 aromatic carbocycles. The van der Waals surface area contributed by atoms with Gasteiger partial charge in [0.05, 0.1) is 5.52 Å². The summed E-state index contributed by atoms with van der Waals surface area (Å²) < 4.78 is 0. The minimum absolute atomic E-state index is 1.01. The third-order valence-corrected chi connectivity index (χ3v) is 14.5. The minimum Gasteiger partial charge on any atom is -0.265 e. The van der Waals surface area contributed by atoms with Crippen molar-refractivity contribution in [2.24, 2.45) is 0 Å². The van der Waals surface area contributed by atoms with E-state index in [9.17, 15) is 0 Å². The molecular weight excluding hydrogens is 773 g/mol. The minimum atomic E-state index is 1.01. The first kappa shape index (κ1) is 34.2. The quantitative estimate of drug-likeness (QED) is 0.166. The lowest BCUT2D eigenvalue weighted by Crippen LogP contribution is -1.93. The number of pyridine rings is 2. The third kappa shape index (κ3) is 4.53. The van der Waals surface area contributed by atoms with Crippen molar-refractivity contribution in [1.82, 2.24) is 9.97 Å². The molecule has 2 heteroatoms. The Morgan fingerprint density at radius 3 is 0.922 bits per heavy atom. The van der Waals surface area contributed by atoms with Gasteiger partial charge >= 0.3 is 0 Å². The molecule has 0 saturated heterocycles. The van der Waals surface area contributed by atoms with Crippen LogP contribution in [-0.2, 0) is 0 Å². The van der Waals surface area contributed by atoms with Gasteiger partial charge in [0.2, 0.25) is 0 Å². The van der Waals surface area contributed by atoms with Gasteiger partial charge in [0.15, 0.2) is 0 Å². The Bertz CT molecular complexity index is 4410. The van der Waals surface area contributed by atoms with Crippen LogP contribution in [0.3, 0.4) is 0 Å². The molecule has 0 aliphatic carbocycles. The second kappa shape index (κ2) is 12.6. The summed E-state index contributed by atoms with van der Waals surface area (Å²) in [5, 5.41) is 24.4. The van der Waals surface area contributed by atoms with Crippen LogP contribution in [0.25, 0.3) is 152 Å². The summed E-state index contributed by atoms with van der Waals surface area (Å²) in [6.07, 6.45) is 5.71. The number of hydrogen-bond donors (Lipinski definition) is 0. The maximum absolute atomic E-state index is 4.69. The van der Waals surface area contributed by atoms with Crippen LogP contribution in [0.15, 0.2) is 207 Å². The molecule has 0 aliphatic rings. The summed E-state index contributed by atoms with van der Waals surface area (Å²) in [5.74, 6) is 0. The smallest absolute Gasteiger partial charge is 0.0708 e. The number of para-hydroxylation sites is 1. The van der Waals surface area contributed by atoms with E-state index in [2.05, 4.69) is 198 Å². The molecule has 2 aromatic heterocycles. The van der Waals surface area contributed by atoms with Crippen molar-refractivity contribution in [3.63, 3.8) is 0 Å². The molecule has 0 fully saturated rings. The van der Waals surface area contributed by atoms with Crippen LogP contribution in [-0.4, -0.2) is 9.97 Å². The van der Waals surface area contributed by atoms with Crippen LogP contribution in [0.4, 0.5) is 0 Å². The average Bonchev–Trinajstić information content (AvgIpc) is 3.36. The van der Waals surface area contributed by atoms with Crippen LogP contribution in [0.2, 0.25) is 0 Å². The summed E-state index contributed by atoms with van der Waals surface area (Å²) in [7, 11) is 0. The van der Waals surface area contributed by atoms with Crippen molar-refractivity contribution in [2.75, 3.05) is 0 Å². The molecule has 0 N–H and O–H groups in total. The van der Waals surface area contributed by atoms with E-state index in [-0.39, 0.29) is 0 Å². The topological polar surface area (TPSA) is 25.8 Å². The third-order valence-electron chi connectivity index (χ3n) is 14.5. The molecule has 2 heterocycles. The predicted octanol–water partition coefficient (Wildman–Crippen LogP) is 17.0. The van der Waals surface area contributed by atoms with Crippen LogP contribution in [0, 0.1) is 0 Å². The van der Waals surface area contributed by atoms with Crippen LogP contribution in [0.1, 0.15) is 0 Å². The SMILES string of the molecule is c1ccc2c(-c3ccc4ccc5c(-c6ccc7ccc8c(-c9ccc%10ccc%11c(-c%12ccncc%12)ccc%12ccc9c%10c%12%11)ccc9ccc6c7c98)ccc6ccc3c4c65)ccnc2c1. The summed E-state index contributed by atoms with van der Waals surface area (Å²) in [4.78, 5) is 8.99. The Morgan fingerprint density at radius 1 is 0.219 bits per heavy atom. The molecule has 15 aromatic rings. The molecule has 0 spiro atoms. The van der Waals surface area contributed by atoms with E-state index in [4.69, 9.17) is 0 Å². The van der Waals surface area contributed by atoms with E-state index < -0.39 is 0 Å². The normalized spacial score (nSPS) is 12.4. The van der Waals surface area contributed by atoms with Gasteiger partial charge in [0, 0.05) is 24.0 Å². The lowest BCUT2D eigenvalue weighted by atomic mass is 9.83. The fourth-order valence-electron chi connectivity index (χ4n) is 11.7. The number of hydrogen-bond acceptors (Lipinski definition) is 2. The summed E-state index contributed by atoms with van der Waals surface area (Å²) in [6.45, 7) is 0. The van der Waals surface area contributed by atoms with Gasteiger partial charge in [-0.05, 0) is 166 Å². The summed E-state index contributed by atoms with van der Waals surface area (Å²) in [6, 6.07) is 70.7. The Hall–Kier alpha value is -8.46. The van der Waals surface area contributed by atoms with Gasteiger partial charge in [-0.1, -0.05) is 164 Å². The number of rotatable bonds is 4. The fourth-order valence-corrected chi connectivity index (χ4v) is 11.7. The van der Waals surface area contributed by atoms with E-state index in [1.807, 2.05) is 18.6 Å². The molecule has 0 aliphatic heterocycles. The average molecular weight is 807 g/mol.